The van der Waals surface area contributed by atoms with Crippen molar-refractivity contribution in [2.24, 2.45) is 0 Å². The zero-order valence-corrected chi connectivity index (χ0v) is 5.33. The van der Waals surface area contributed by atoms with Gasteiger partial charge in [-0.3, -0.25) is 4.79 Å². The molecule has 0 radical (unpaired) electrons. The molecule has 54 valence electrons. The Hall–Kier alpha value is -0.610. The van der Waals surface area contributed by atoms with E-state index >= 15 is 0 Å². The van der Waals surface area contributed by atoms with Crippen LogP contribution in [0.5, 0.6) is 0 Å². The van der Waals surface area contributed by atoms with Crippen LogP contribution >= 0.6 is 0 Å². The molecule has 0 saturated carbocycles. The molecule has 4 heteroatoms. The van der Waals surface area contributed by atoms with Gasteiger partial charge in [0.25, 0.3) is 0 Å². The highest BCUT2D eigenvalue weighted by Crippen LogP contribution is 1.79. The molecule has 0 aromatic heterocycles. The van der Waals surface area contributed by atoms with E-state index in [1.165, 1.54) is 7.11 Å². The van der Waals surface area contributed by atoms with Gasteiger partial charge in [-0.25, -0.2) is 0 Å². The number of carbonyl (C=O) groups excluding carboxylic acids is 1. The van der Waals surface area contributed by atoms with Gasteiger partial charge in [0.15, 0.2) is 0 Å². The van der Waals surface area contributed by atoms with Crippen LogP contribution in [0.15, 0.2) is 0 Å². The maximum absolute atomic E-state index is 9.77. The summed E-state index contributed by atoms with van der Waals surface area (Å²) >= 11 is 0. The molecule has 1 amide bonds. The SMILES string of the molecule is COCC(CO)NC=O. The number of rotatable bonds is 5. The van der Waals surface area contributed by atoms with Gasteiger partial charge in [-0.05, 0) is 0 Å². The van der Waals surface area contributed by atoms with Crippen molar-refractivity contribution >= 4 is 6.41 Å². The second-order valence-corrected chi connectivity index (χ2v) is 1.62. The van der Waals surface area contributed by atoms with E-state index in [0.29, 0.717) is 13.0 Å². The molecular weight excluding hydrogens is 122 g/mol. The van der Waals surface area contributed by atoms with E-state index in [1.807, 2.05) is 0 Å². The summed E-state index contributed by atoms with van der Waals surface area (Å²) in [5.74, 6) is 0. The van der Waals surface area contributed by atoms with Crippen molar-refractivity contribution < 1.29 is 14.6 Å². The Balaban J connectivity index is 3.28. The smallest absolute Gasteiger partial charge is 0.207 e. The first-order valence-electron chi connectivity index (χ1n) is 2.64. The maximum atomic E-state index is 9.77. The Morgan fingerprint density at radius 2 is 2.56 bits per heavy atom. The third-order valence-electron chi connectivity index (χ3n) is 0.892. The summed E-state index contributed by atoms with van der Waals surface area (Å²) in [7, 11) is 1.51. The van der Waals surface area contributed by atoms with Gasteiger partial charge in [-0.2, -0.15) is 0 Å². The molecule has 0 aromatic carbocycles. The lowest BCUT2D eigenvalue weighted by atomic mass is 10.3. The number of amides is 1. The fourth-order valence-electron chi connectivity index (χ4n) is 0.451. The Labute approximate surface area is 53.8 Å². The number of ether oxygens (including phenoxy) is 1. The van der Waals surface area contributed by atoms with Crippen molar-refractivity contribution in [2.75, 3.05) is 20.3 Å². The fourth-order valence-corrected chi connectivity index (χ4v) is 0.451. The van der Waals surface area contributed by atoms with Gasteiger partial charge in [0.05, 0.1) is 19.3 Å². The van der Waals surface area contributed by atoms with Gasteiger partial charge in [-0.15, -0.1) is 0 Å². The molecule has 0 aliphatic heterocycles. The molecule has 0 rings (SSSR count). The monoisotopic (exact) mass is 133 g/mol. The van der Waals surface area contributed by atoms with Crippen LogP contribution in [0.2, 0.25) is 0 Å². The molecule has 0 heterocycles. The van der Waals surface area contributed by atoms with Crippen LogP contribution in [-0.4, -0.2) is 37.9 Å². The topological polar surface area (TPSA) is 58.6 Å². The van der Waals surface area contributed by atoms with Crippen molar-refractivity contribution in [2.45, 2.75) is 6.04 Å². The molecule has 1 unspecified atom stereocenters. The number of methoxy groups -OCH3 is 1. The number of nitrogens with one attached hydrogen (secondary N) is 1. The number of hydrogen-bond acceptors (Lipinski definition) is 3. The van der Waals surface area contributed by atoms with E-state index in [2.05, 4.69) is 10.1 Å². The van der Waals surface area contributed by atoms with E-state index in [-0.39, 0.29) is 12.6 Å². The lowest BCUT2D eigenvalue weighted by Gasteiger charge is -2.09. The molecule has 0 fully saturated rings. The first-order valence-corrected chi connectivity index (χ1v) is 2.64. The van der Waals surface area contributed by atoms with Gasteiger partial charge >= 0.3 is 0 Å². The lowest BCUT2D eigenvalue weighted by Crippen LogP contribution is -2.35. The highest BCUT2D eigenvalue weighted by Gasteiger charge is 2.02. The van der Waals surface area contributed by atoms with Crippen LogP contribution in [0, 0.1) is 0 Å². The molecule has 9 heavy (non-hydrogen) atoms. The Bertz CT molecular complexity index is 76.6. The molecule has 0 aliphatic rings. The van der Waals surface area contributed by atoms with Crippen molar-refractivity contribution in [1.82, 2.24) is 5.32 Å². The van der Waals surface area contributed by atoms with Gasteiger partial charge in [0.1, 0.15) is 0 Å². The zero-order chi connectivity index (χ0) is 7.11. The molecule has 0 aromatic rings. The Morgan fingerprint density at radius 3 is 2.89 bits per heavy atom. The Kier molecular flexibility index (Phi) is 5.15. The summed E-state index contributed by atoms with van der Waals surface area (Å²) in [6.07, 6.45) is 0.542. The first kappa shape index (κ1) is 8.39. The van der Waals surface area contributed by atoms with Gasteiger partial charge in [0.2, 0.25) is 6.41 Å². The van der Waals surface area contributed by atoms with E-state index in [0.717, 1.165) is 0 Å². The first-order chi connectivity index (χ1) is 4.35. The average molecular weight is 133 g/mol. The number of aliphatic hydroxyl groups excluding tert-OH is 1. The fraction of sp³-hybridized carbons (Fsp3) is 0.800. The molecule has 4 nitrogen and oxygen atoms in total. The van der Waals surface area contributed by atoms with Crippen LogP contribution in [0.4, 0.5) is 0 Å². The highest BCUT2D eigenvalue weighted by atomic mass is 16.5. The van der Waals surface area contributed by atoms with E-state index in [1.54, 1.807) is 0 Å². The number of carbonyl (C=O) groups is 1. The van der Waals surface area contributed by atoms with Gasteiger partial charge in [0, 0.05) is 7.11 Å². The predicted octanol–water partition coefficient (Wildman–Crippen LogP) is -1.26. The van der Waals surface area contributed by atoms with Crippen LogP contribution < -0.4 is 5.32 Å². The minimum Gasteiger partial charge on any atom is -0.394 e. The summed E-state index contributed by atoms with van der Waals surface area (Å²) in [5.41, 5.74) is 0. The second-order valence-electron chi connectivity index (χ2n) is 1.62. The lowest BCUT2D eigenvalue weighted by molar-refractivity contribution is -0.110. The molecular formula is C5H11NO3. The number of hydrogen-bond donors (Lipinski definition) is 2. The quantitative estimate of drug-likeness (QED) is 0.460. The predicted molar refractivity (Wildman–Crippen MR) is 31.9 cm³/mol. The van der Waals surface area contributed by atoms with Crippen LogP contribution in [0.25, 0.3) is 0 Å². The summed E-state index contributed by atoms with van der Waals surface area (Å²) < 4.78 is 4.67. The Morgan fingerprint density at radius 1 is 1.89 bits per heavy atom. The van der Waals surface area contributed by atoms with E-state index in [4.69, 9.17) is 5.11 Å². The van der Waals surface area contributed by atoms with Crippen LogP contribution in [0.1, 0.15) is 0 Å². The van der Waals surface area contributed by atoms with Gasteiger partial charge < -0.3 is 15.2 Å². The summed E-state index contributed by atoms with van der Waals surface area (Å²) in [6, 6.07) is -0.271. The molecule has 0 aliphatic carbocycles. The second kappa shape index (κ2) is 5.53. The zero-order valence-electron chi connectivity index (χ0n) is 5.33. The summed E-state index contributed by atoms with van der Waals surface area (Å²) in [4.78, 5) is 9.77. The van der Waals surface area contributed by atoms with Crippen molar-refractivity contribution in [3.8, 4) is 0 Å². The van der Waals surface area contributed by atoms with E-state index in [9.17, 15) is 4.79 Å². The highest BCUT2D eigenvalue weighted by molar-refractivity contribution is 5.46. The van der Waals surface area contributed by atoms with Crippen molar-refractivity contribution in [3.63, 3.8) is 0 Å². The number of aliphatic hydroxyl groups is 1. The van der Waals surface area contributed by atoms with Crippen molar-refractivity contribution in [1.29, 1.82) is 0 Å². The minimum atomic E-state index is -0.271. The maximum Gasteiger partial charge on any atom is 0.207 e. The molecule has 0 spiro atoms. The van der Waals surface area contributed by atoms with Gasteiger partial charge in [-0.1, -0.05) is 0 Å². The average Bonchev–Trinajstić information content (AvgIpc) is 1.88. The van der Waals surface area contributed by atoms with Crippen LogP contribution in [0.3, 0.4) is 0 Å². The molecule has 2 N–H and O–H groups in total. The third kappa shape index (κ3) is 3.93. The summed E-state index contributed by atoms with van der Waals surface area (Å²) in [6.45, 7) is 0.252. The third-order valence-corrected chi connectivity index (χ3v) is 0.892. The standard InChI is InChI=1S/C5H11NO3/c1-9-3-5(2-7)6-4-8/h4-5,7H,2-3H2,1H3,(H,6,8). The summed E-state index contributed by atoms with van der Waals surface area (Å²) in [5, 5.41) is 10.9. The molecule has 1 atom stereocenters. The minimum absolute atomic E-state index is 0.0907. The normalized spacial score (nSPS) is 12.7. The molecule has 0 saturated heterocycles. The van der Waals surface area contributed by atoms with Crippen LogP contribution in [-0.2, 0) is 9.53 Å². The van der Waals surface area contributed by atoms with E-state index < -0.39 is 0 Å². The molecule has 0 bridgehead atoms. The van der Waals surface area contributed by atoms with Crippen molar-refractivity contribution in [3.05, 3.63) is 0 Å². The largest absolute Gasteiger partial charge is 0.394 e.